The highest BCUT2D eigenvalue weighted by atomic mass is 32.1. The Morgan fingerprint density at radius 2 is 2.12 bits per heavy atom. The van der Waals surface area contributed by atoms with E-state index in [4.69, 9.17) is 5.11 Å². The van der Waals surface area contributed by atoms with Gasteiger partial charge in [0.25, 0.3) is 0 Å². The van der Waals surface area contributed by atoms with Crippen molar-refractivity contribution in [3.05, 3.63) is 59.1 Å². The van der Waals surface area contributed by atoms with Crippen molar-refractivity contribution in [2.75, 3.05) is 5.32 Å². The van der Waals surface area contributed by atoms with Gasteiger partial charge in [0.2, 0.25) is 5.95 Å². The number of nitrogens with one attached hydrogen (secondary N) is 1. The lowest BCUT2D eigenvalue weighted by molar-refractivity contribution is 0.0697. The van der Waals surface area contributed by atoms with E-state index in [1.807, 2.05) is 24.3 Å². The van der Waals surface area contributed by atoms with Gasteiger partial charge >= 0.3 is 5.97 Å². The van der Waals surface area contributed by atoms with Gasteiger partial charge in [0.05, 0.1) is 22.2 Å². The zero-order valence-electron chi connectivity index (χ0n) is 12.8. The monoisotopic (exact) mass is 341 g/mol. The first-order chi connectivity index (χ1) is 11.5. The molecule has 3 N–H and O–H groups in total. The number of aromatic nitrogens is 2. The number of carbonyl (C=O) groups is 1. The van der Waals surface area contributed by atoms with E-state index in [0.717, 1.165) is 16.1 Å². The molecule has 0 aliphatic rings. The lowest BCUT2D eigenvalue weighted by Gasteiger charge is -2.09. The van der Waals surface area contributed by atoms with Crippen LogP contribution in [-0.4, -0.2) is 26.2 Å². The maximum absolute atomic E-state index is 11.0. The van der Waals surface area contributed by atoms with Gasteiger partial charge in [-0.15, -0.1) is 11.3 Å². The average Bonchev–Trinajstić information content (AvgIpc) is 3.06. The molecule has 3 rings (SSSR count). The van der Waals surface area contributed by atoms with E-state index in [2.05, 4.69) is 15.3 Å². The van der Waals surface area contributed by atoms with Crippen molar-refractivity contribution in [2.45, 2.75) is 13.0 Å². The summed E-state index contributed by atoms with van der Waals surface area (Å²) in [7, 11) is 0. The first-order valence-corrected chi connectivity index (χ1v) is 8.11. The Hall–Kier alpha value is -2.77. The normalized spacial score (nSPS) is 11.9. The molecular formula is C17H15N3O3S. The van der Waals surface area contributed by atoms with E-state index in [1.54, 1.807) is 30.6 Å². The molecule has 1 aromatic carbocycles. The smallest absolute Gasteiger partial charge is 0.336 e. The number of thiophene rings is 1. The number of benzene rings is 1. The molecule has 0 saturated carbocycles. The lowest BCUT2D eigenvalue weighted by atomic mass is 10.1. The summed E-state index contributed by atoms with van der Waals surface area (Å²) in [5, 5.41) is 23.3. The number of hydrogen-bond donors (Lipinski definition) is 3. The van der Waals surface area contributed by atoms with Crippen molar-refractivity contribution in [3.63, 3.8) is 0 Å². The van der Waals surface area contributed by atoms with Crippen LogP contribution in [0.4, 0.5) is 11.6 Å². The van der Waals surface area contributed by atoms with Gasteiger partial charge in [0.15, 0.2) is 0 Å². The number of aliphatic hydroxyl groups excluding tert-OH is 1. The zero-order chi connectivity index (χ0) is 17.1. The van der Waals surface area contributed by atoms with Crippen LogP contribution in [-0.2, 0) is 0 Å². The van der Waals surface area contributed by atoms with Crippen LogP contribution in [0.5, 0.6) is 0 Å². The maximum atomic E-state index is 11.0. The zero-order valence-corrected chi connectivity index (χ0v) is 13.6. The van der Waals surface area contributed by atoms with Crippen molar-refractivity contribution >= 4 is 28.9 Å². The second kappa shape index (κ2) is 6.77. The van der Waals surface area contributed by atoms with Crippen molar-refractivity contribution < 1.29 is 15.0 Å². The molecule has 122 valence electrons. The van der Waals surface area contributed by atoms with Crippen molar-refractivity contribution in [1.29, 1.82) is 0 Å². The molecule has 1 unspecified atom stereocenters. The van der Waals surface area contributed by atoms with Gasteiger partial charge in [-0.1, -0.05) is 12.1 Å². The molecule has 6 nitrogen and oxygen atoms in total. The molecule has 2 aromatic heterocycles. The Labute approximate surface area is 142 Å². The summed E-state index contributed by atoms with van der Waals surface area (Å²) in [5.41, 5.74) is 2.45. The molecule has 0 radical (unpaired) electrons. The van der Waals surface area contributed by atoms with E-state index >= 15 is 0 Å². The number of anilines is 2. The van der Waals surface area contributed by atoms with Crippen LogP contribution < -0.4 is 5.32 Å². The van der Waals surface area contributed by atoms with Crippen LogP contribution in [0.3, 0.4) is 0 Å². The van der Waals surface area contributed by atoms with E-state index in [0.29, 0.717) is 11.6 Å². The molecule has 7 heteroatoms. The standard InChI is InChI=1S/C17H15N3O3S/c1-10(21)11-3-2-4-13(7-11)19-17-18-6-5-14(20-17)15-8-12(9-24-15)16(22)23/h2-10,21H,1H3,(H,22,23)(H,18,19,20). The third-order valence-electron chi connectivity index (χ3n) is 3.38. The molecule has 0 aliphatic heterocycles. The van der Waals surface area contributed by atoms with Crippen LogP contribution in [0.25, 0.3) is 10.6 Å². The summed E-state index contributed by atoms with van der Waals surface area (Å²) in [6, 6.07) is 10.7. The van der Waals surface area contributed by atoms with Crippen molar-refractivity contribution in [3.8, 4) is 10.6 Å². The molecule has 0 fully saturated rings. The summed E-state index contributed by atoms with van der Waals surface area (Å²) in [4.78, 5) is 20.3. The molecule has 1 atom stereocenters. The van der Waals surface area contributed by atoms with Crippen molar-refractivity contribution in [1.82, 2.24) is 9.97 Å². The Balaban J connectivity index is 1.85. The molecule has 0 amide bonds. The van der Waals surface area contributed by atoms with Crippen LogP contribution in [0.2, 0.25) is 0 Å². The second-order valence-electron chi connectivity index (χ2n) is 5.20. The van der Waals surface area contributed by atoms with Gasteiger partial charge in [-0.3, -0.25) is 0 Å². The fourth-order valence-corrected chi connectivity index (χ4v) is 3.00. The predicted molar refractivity (Wildman–Crippen MR) is 92.7 cm³/mol. The minimum Gasteiger partial charge on any atom is -0.478 e. The van der Waals surface area contributed by atoms with Gasteiger partial charge < -0.3 is 15.5 Å². The highest BCUT2D eigenvalue weighted by Crippen LogP contribution is 2.27. The van der Waals surface area contributed by atoms with Gasteiger partial charge in [-0.2, -0.15) is 0 Å². The van der Waals surface area contributed by atoms with E-state index in [-0.39, 0.29) is 5.56 Å². The molecule has 0 saturated heterocycles. The number of rotatable bonds is 5. The topological polar surface area (TPSA) is 95.3 Å². The number of aliphatic hydroxyl groups is 1. The maximum Gasteiger partial charge on any atom is 0.336 e. The summed E-state index contributed by atoms with van der Waals surface area (Å²) in [6.45, 7) is 1.70. The van der Waals surface area contributed by atoms with E-state index < -0.39 is 12.1 Å². The molecule has 24 heavy (non-hydrogen) atoms. The SMILES string of the molecule is CC(O)c1cccc(Nc2nccc(-c3cc(C(=O)O)cs3)n2)c1. The molecule has 2 heterocycles. The number of hydrogen-bond acceptors (Lipinski definition) is 6. The first-order valence-electron chi connectivity index (χ1n) is 7.23. The third kappa shape index (κ3) is 3.58. The lowest BCUT2D eigenvalue weighted by Crippen LogP contribution is -1.99. The Kier molecular flexibility index (Phi) is 4.54. The third-order valence-corrected chi connectivity index (χ3v) is 4.33. The largest absolute Gasteiger partial charge is 0.478 e. The summed E-state index contributed by atoms with van der Waals surface area (Å²) >= 11 is 1.32. The quantitative estimate of drug-likeness (QED) is 0.655. The average molecular weight is 341 g/mol. The minimum absolute atomic E-state index is 0.243. The second-order valence-corrected chi connectivity index (χ2v) is 6.11. The fourth-order valence-electron chi connectivity index (χ4n) is 2.14. The Bertz CT molecular complexity index is 877. The molecule has 0 spiro atoms. The number of aromatic carboxylic acids is 1. The molecule has 0 bridgehead atoms. The van der Waals surface area contributed by atoms with Gasteiger partial charge in [0.1, 0.15) is 0 Å². The number of carboxylic acid groups (broad SMARTS) is 1. The van der Waals surface area contributed by atoms with Gasteiger partial charge in [-0.25, -0.2) is 14.8 Å². The molecular weight excluding hydrogens is 326 g/mol. The summed E-state index contributed by atoms with van der Waals surface area (Å²) in [6.07, 6.45) is 1.06. The highest BCUT2D eigenvalue weighted by molar-refractivity contribution is 7.13. The van der Waals surface area contributed by atoms with Crippen LogP contribution in [0.15, 0.2) is 48.0 Å². The van der Waals surface area contributed by atoms with Crippen LogP contribution in [0, 0.1) is 0 Å². The van der Waals surface area contributed by atoms with Gasteiger partial charge in [0, 0.05) is 17.3 Å². The predicted octanol–water partition coefficient (Wildman–Crippen LogP) is 3.70. The number of carboxylic acids is 1. The van der Waals surface area contributed by atoms with E-state index in [1.165, 1.54) is 11.3 Å². The fraction of sp³-hybridized carbons (Fsp3) is 0.118. The number of nitrogens with zero attached hydrogens (tertiary/aromatic N) is 2. The summed E-state index contributed by atoms with van der Waals surface area (Å²) in [5.74, 6) is -0.555. The van der Waals surface area contributed by atoms with Gasteiger partial charge in [-0.05, 0) is 36.8 Å². The molecule has 0 aliphatic carbocycles. The summed E-state index contributed by atoms with van der Waals surface area (Å²) < 4.78 is 0. The van der Waals surface area contributed by atoms with Crippen LogP contribution in [0.1, 0.15) is 28.9 Å². The van der Waals surface area contributed by atoms with Crippen molar-refractivity contribution in [2.24, 2.45) is 0 Å². The Morgan fingerprint density at radius 3 is 2.83 bits per heavy atom. The van der Waals surface area contributed by atoms with Crippen LogP contribution >= 0.6 is 11.3 Å². The first kappa shape index (κ1) is 16.1. The minimum atomic E-state index is -0.958. The highest BCUT2D eigenvalue weighted by Gasteiger charge is 2.10. The molecule has 3 aromatic rings. The van der Waals surface area contributed by atoms with E-state index in [9.17, 15) is 9.90 Å². The Morgan fingerprint density at radius 1 is 1.29 bits per heavy atom.